The average Bonchev–Trinajstić information content (AvgIpc) is 2.64. The van der Waals surface area contributed by atoms with Gasteiger partial charge in [0.05, 0.1) is 5.69 Å². The van der Waals surface area contributed by atoms with Crippen molar-refractivity contribution in [2.24, 2.45) is 0 Å². The molecule has 0 unspecified atom stereocenters. The molecule has 0 atom stereocenters. The number of pyridine rings is 1. The molecule has 3 aromatic rings. The van der Waals surface area contributed by atoms with Gasteiger partial charge >= 0.3 is 0 Å². The minimum absolute atomic E-state index is 0.442. The highest BCUT2D eigenvalue weighted by Crippen LogP contribution is 2.22. The van der Waals surface area contributed by atoms with E-state index in [2.05, 4.69) is 19.9 Å². The van der Waals surface area contributed by atoms with Crippen molar-refractivity contribution in [3.05, 3.63) is 77.4 Å². The second kappa shape index (κ2) is 6.64. The fourth-order valence-corrected chi connectivity index (χ4v) is 3.04. The molecule has 25 heavy (non-hydrogen) atoms. The van der Waals surface area contributed by atoms with Gasteiger partial charge in [-0.05, 0) is 18.2 Å². The molecule has 0 amide bonds. The average molecular weight is 338 g/mol. The largest absolute Gasteiger partial charge is 0.294 e. The van der Waals surface area contributed by atoms with Gasteiger partial charge in [-0.15, -0.1) is 0 Å². The minimum Gasteiger partial charge on any atom is -0.294 e. The van der Waals surface area contributed by atoms with E-state index >= 15 is 0 Å². The van der Waals surface area contributed by atoms with Crippen LogP contribution in [0.25, 0.3) is 11.4 Å². The predicted octanol–water partition coefficient (Wildman–Crippen LogP) is 3.38. The Bertz CT molecular complexity index is 899. The van der Waals surface area contributed by atoms with E-state index in [0.29, 0.717) is 24.5 Å². The van der Waals surface area contributed by atoms with Crippen molar-refractivity contribution in [3.8, 4) is 11.4 Å². The van der Waals surface area contributed by atoms with E-state index in [0.717, 1.165) is 35.9 Å². The molecule has 3 heterocycles. The molecule has 126 valence electrons. The van der Waals surface area contributed by atoms with Crippen molar-refractivity contribution in [1.29, 1.82) is 0 Å². The number of benzene rings is 1. The fourth-order valence-electron chi connectivity index (χ4n) is 3.04. The molecule has 0 saturated carbocycles. The number of aromatic nitrogens is 3. The van der Waals surface area contributed by atoms with Crippen molar-refractivity contribution < 1.29 is 8.78 Å². The van der Waals surface area contributed by atoms with Gasteiger partial charge in [-0.1, -0.05) is 6.07 Å². The first-order valence-electron chi connectivity index (χ1n) is 8.10. The van der Waals surface area contributed by atoms with E-state index in [-0.39, 0.29) is 0 Å². The van der Waals surface area contributed by atoms with Crippen LogP contribution >= 0.6 is 0 Å². The molecule has 0 bridgehead atoms. The lowest BCUT2D eigenvalue weighted by Gasteiger charge is -2.28. The van der Waals surface area contributed by atoms with Crippen molar-refractivity contribution in [3.63, 3.8) is 0 Å². The van der Waals surface area contributed by atoms with Crippen LogP contribution < -0.4 is 0 Å². The van der Waals surface area contributed by atoms with E-state index in [9.17, 15) is 8.78 Å². The lowest BCUT2D eigenvalue weighted by Crippen LogP contribution is -2.31. The lowest BCUT2D eigenvalue weighted by atomic mass is 10.1. The molecule has 4 rings (SSSR count). The number of hydrogen-bond acceptors (Lipinski definition) is 4. The molecule has 0 spiro atoms. The standard InChI is InChI=1S/C19H16F2N4/c20-16-2-1-14(17(21)9-16)11-25-8-5-18-15(12-25)10-23-19(24-18)13-3-6-22-7-4-13/h1-4,6-7,9-10H,5,8,11-12H2. The van der Waals surface area contributed by atoms with Crippen LogP contribution in [0.1, 0.15) is 16.8 Å². The predicted molar refractivity (Wildman–Crippen MR) is 89.4 cm³/mol. The van der Waals surface area contributed by atoms with Crippen LogP contribution in [0.5, 0.6) is 0 Å². The highest BCUT2D eigenvalue weighted by Gasteiger charge is 2.20. The quantitative estimate of drug-likeness (QED) is 0.734. The van der Waals surface area contributed by atoms with Gasteiger partial charge < -0.3 is 0 Å². The van der Waals surface area contributed by atoms with Gasteiger partial charge in [0, 0.05) is 67.4 Å². The molecular formula is C19H16F2N4. The fraction of sp³-hybridized carbons (Fsp3) is 0.211. The molecule has 1 aliphatic heterocycles. The van der Waals surface area contributed by atoms with Gasteiger partial charge in [0.2, 0.25) is 0 Å². The minimum atomic E-state index is -0.553. The maximum atomic E-state index is 13.8. The molecule has 4 nitrogen and oxygen atoms in total. The summed E-state index contributed by atoms with van der Waals surface area (Å²) >= 11 is 0. The molecule has 0 radical (unpaired) electrons. The summed E-state index contributed by atoms with van der Waals surface area (Å²) in [4.78, 5) is 15.2. The first kappa shape index (κ1) is 15.8. The van der Waals surface area contributed by atoms with Crippen LogP contribution in [0, 0.1) is 11.6 Å². The Morgan fingerprint density at radius 1 is 1.08 bits per heavy atom. The summed E-state index contributed by atoms with van der Waals surface area (Å²) in [7, 11) is 0. The van der Waals surface area contributed by atoms with Crippen LogP contribution in [0.15, 0.2) is 48.9 Å². The van der Waals surface area contributed by atoms with Gasteiger partial charge in [0.15, 0.2) is 5.82 Å². The molecule has 6 heteroatoms. The normalized spacial score (nSPS) is 14.3. The van der Waals surface area contributed by atoms with Crippen molar-refractivity contribution in [1.82, 2.24) is 19.9 Å². The first-order valence-corrected chi connectivity index (χ1v) is 8.10. The molecule has 0 aliphatic carbocycles. The third-order valence-electron chi connectivity index (χ3n) is 4.36. The van der Waals surface area contributed by atoms with Crippen molar-refractivity contribution >= 4 is 0 Å². The van der Waals surface area contributed by atoms with Crippen molar-refractivity contribution in [2.45, 2.75) is 19.5 Å². The number of nitrogens with zero attached hydrogens (tertiary/aromatic N) is 4. The van der Waals surface area contributed by atoms with Crippen LogP contribution in [0.4, 0.5) is 8.78 Å². The highest BCUT2D eigenvalue weighted by atomic mass is 19.1. The van der Waals surface area contributed by atoms with E-state index < -0.39 is 11.6 Å². The molecule has 1 aliphatic rings. The second-order valence-corrected chi connectivity index (χ2v) is 6.10. The van der Waals surface area contributed by atoms with Crippen LogP contribution in [0.2, 0.25) is 0 Å². The zero-order valence-electron chi connectivity index (χ0n) is 13.5. The Kier molecular flexibility index (Phi) is 4.19. The lowest BCUT2D eigenvalue weighted by molar-refractivity contribution is 0.239. The van der Waals surface area contributed by atoms with E-state index in [4.69, 9.17) is 0 Å². The van der Waals surface area contributed by atoms with E-state index in [1.807, 2.05) is 18.3 Å². The molecule has 2 aromatic heterocycles. The summed E-state index contributed by atoms with van der Waals surface area (Å²) in [6.07, 6.45) is 6.05. The topological polar surface area (TPSA) is 41.9 Å². The molecular weight excluding hydrogens is 322 g/mol. The Labute approximate surface area is 144 Å². The number of halogens is 2. The Morgan fingerprint density at radius 3 is 2.72 bits per heavy atom. The summed E-state index contributed by atoms with van der Waals surface area (Å²) in [5.41, 5.74) is 3.51. The maximum absolute atomic E-state index is 13.8. The van der Waals surface area contributed by atoms with Crippen LogP contribution in [-0.2, 0) is 19.5 Å². The first-order chi connectivity index (χ1) is 12.2. The SMILES string of the molecule is Fc1ccc(CN2CCc3nc(-c4ccncc4)ncc3C2)c(F)c1. The van der Waals surface area contributed by atoms with Crippen LogP contribution in [-0.4, -0.2) is 26.4 Å². The van der Waals surface area contributed by atoms with Gasteiger partial charge in [-0.3, -0.25) is 9.88 Å². The summed E-state index contributed by atoms with van der Waals surface area (Å²) in [5.74, 6) is -0.364. The summed E-state index contributed by atoms with van der Waals surface area (Å²) < 4.78 is 26.9. The second-order valence-electron chi connectivity index (χ2n) is 6.10. The van der Waals surface area contributed by atoms with Gasteiger partial charge in [0.1, 0.15) is 11.6 Å². The van der Waals surface area contributed by atoms with Crippen LogP contribution in [0.3, 0.4) is 0 Å². The van der Waals surface area contributed by atoms with Gasteiger partial charge in [-0.25, -0.2) is 18.7 Å². The summed E-state index contributed by atoms with van der Waals surface area (Å²) in [5, 5.41) is 0. The third-order valence-corrected chi connectivity index (χ3v) is 4.36. The Morgan fingerprint density at radius 2 is 1.92 bits per heavy atom. The van der Waals surface area contributed by atoms with E-state index in [1.165, 1.54) is 12.1 Å². The molecule has 0 saturated heterocycles. The Balaban J connectivity index is 1.52. The molecule has 0 N–H and O–H groups in total. The third kappa shape index (κ3) is 3.39. The van der Waals surface area contributed by atoms with Crippen molar-refractivity contribution in [2.75, 3.05) is 6.54 Å². The van der Waals surface area contributed by atoms with Gasteiger partial charge in [-0.2, -0.15) is 0 Å². The zero-order chi connectivity index (χ0) is 17.2. The highest BCUT2D eigenvalue weighted by molar-refractivity contribution is 5.54. The molecule has 1 aromatic carbocycles. The molecule has 0 fully saturated rings. The zero-order valence-corrected chi connectivity index (χ0v) is 13.5. The summed E-state index contributed by atoms with van der Waals surface area (Å²) in [6, 6.07) is 7.49. The monoisotopic (exact) mass is 338 g/mol. The number of hydrogen-bond donors (Lipinski definition) is 0. The maximum Gasteiger partial charge on any atom is 0.159 e. The number of fused-ring (bicyclic) bond motifs is 1. The van der Waals surface area contributed by atoms with E-state index in [1.54, 1.807) is 12.4 Å². The summed E-state index contributed by atoms with van der Waals surface area (Å²) in [6.45, 7) is 1.87. The van der Waals surface area contributed by atoms with Gasteiger partial charge in [0.25, 0.3) is 0 Å². The number of rotatable bonds is 3. The Hall–Kier alpha value is -2.73. The smallest absolute Gasteiger partial charge is 0.159 e.